The molecule has 144 valence electrons. The third-order valence-electron chi connectivity index (χ3n) is 1.17. The Labute approximate surface area is 148 Å². The van der Waals surface area contributed by atoms with Crippen LogP contribution in [0.25, 0.3) is 0 Å². The van der Waals surface area contributed by atoms with Gasteiger partial charge in [0.05, 0.1) is 5.60 Å². The van der Waals surface area contributed by atoms with Crippen LogP contribution in [0.2, 0.25) is 0 Å². The van der Waals surface area contributed by atoms with Crippen molar-refractivity contribution in [2.24, 2.45) is 0 Å². The zero-order valence-corrected chi connectivity index (χ0v) is 16.4. The zero-order chi connectivity index (χ0) is 19.8. The number of carbonyl (C=O) groups is 4. The molecule has 1 N–H and O–H groups in total. The van der Waals surface area contributed by atoms with Crippen molar-refractivity contribution >= 4 is 23.1 Å². The van der Waals surface area contributed by atoms with Crippen LogP contribution in [-0.4, -0.2) is 33.8 Å². The highest BCUT2D eigenvalue weighted by Gasteiger charge is 2.13. The van der Waals surface area contributed by atoms with Crippen molar-refractivity contribution in [3.8, 4) is 0 Å². The summed E-state index contributed by atoms with van der Waals surface area (Å²) in [5, 5.41) is 8.97. The molecule has 24 heavy (non-hydrogen) atoms. The van der Waals surface area contributed by atoms with E-state index in [1.54, 1.807) is 26.8 Å². The Hall–Kier alpha value is -1.62. The van der Waals surface area contributed by atoms with Crippen LogP contribution in [0, 0.1) is 0 Å². The summed E-state index contributed by atoms with van der Waals surface area (Å²) in [7, 11) is 0. The molecule has 0 spiro atoms. The molecule has 0 amide bonds. The summed E-state index contributed by atoms with van der Waals surface area (Å²) in [6.07, 6.45) is 1.85. The predicted octanol–water partition coefficient (Wildman–Crippen LogP) is 4.10. The van der Waals surface area contributed by atoms with E-state index >= 15 is 0 Å². The summed E-state index contributed by atoms with van der Waals surface area (Å²) in [4.78, 5) is 39.4. The van der Waals surface area contributed by atoms with Crippen LogP contribution < -0.4 is 0 Å². The Kier molecular flexibility index (Phi) is 27.4. The molecule has 0 rings (SSSR count). The van der Waals surface area contributed by atoms with Gasteiger partial charge in [0.15, 0.2) is 5.78 Å². The number of Topliss-reactive ketones (excluding diaryl/α,β-unsaturated/α-hetero) is 3. The summed E-state index contributed by atoms with van der Waals surface area (Å²) < 4.78 is 0. The van der Waals surface area contributed by atoms with Gasteiger partial charge in [0.2, 0.25) is 0 Å². The lowest BCUT2D eigenvalue weighted by atomic mass is 10.0. The molecule has 0 aromatic rings. The quantitative estimate of drug-likeness (QED) is 0.777. The molecule has 0 unspecified atom stereocenters. The normalized spacial score (nSPS) is 8.29. The van der Waals surface area contributed by atoms with Gasteiger partial charge in [-0.05, 0) is 75.3 Å². The highest BCUT2D eigenvalue weighted by Crippen LogP contribution is 2.06. The molecular formula is C19H38O5. The Morgan fingerprint density at radius 3 is 1.04 bits per heavy atom. The molecule has 5 heteroatoms. The van der Waals surface area contributed by atoms with Crippen LogP contribution in [0.4, 0.5) is 0 Å². The molecule has 0 aliphatic carbocycles. The topological polar surface area (TPSA) is 88.5 Å². The molecule has 0 fully saturated rings. The van der Waals surface area contributed by atoms with E-state index in [9.17, 15) is 19.2 Å². The van der Waals surface area contributed by atoms with Gasteiger partial charge < -0.3 is 14.7 Å². The second-order valence-corrected chi connectivity index (χ2v) is 6.34. The van der Waals surface area contributed by atoms with Crippen molar-refractivity contribution in [2.75, 3.05) is 0 Å². The molecular weight excluding hydrogens is 308 g/mol. The molecule has 0 saturated heterocycles. The van der Waals surface area contributed by atoms with E-state index in [0.29, 0.717) is 0 Å². The fourth-order valence-corrected chi connectivity index (χ4v) is 1.02. The van der Waals surface area contributed by atoms with Crippen molar-refractivity contribution in [1.29, 1.82) is 0 Å². The van der Waals surface area contributed by atoms with Crippen molar-refractivity contribution in [2.45, 2.75) is 88.7 Å². The van der Waals surface area contributed by atoms with Crippen LogP contribution in [-0.2, 0) is 19.2 Å². The molecule has 0 radical (unpaired) electrons. The number of hydrogen-bond donors (Lipinski definition) is 1. The van der Waals surface area contributed by atoms with Crippen molar-refractivity contribution in [3.63, 3.8) is 0 Å². The monoisotopic (exact) mass is 346 g/mol. The maximum atomic E-state index is 10.3. The molecule has 0 aromatic heterocycles. The summed E-state index contributed by atoms with van der Waals surface area (Å²) in [5.74, 6) is 0.484. The average Bonchev–Trinajstić information content (AvgIpc) is 2.07. The van der Waals surface area contributed by atoms with Crippen LogP contribution in [0.15, 0.2) is 11.6 Å². The minimum Gasteiger partial charge on any atom is -0.390 e. The number of ketones is 4. The van der Waals surface area contributed by atoms with E-state index in [1.807, 2.05) is 13.8 Å². The van der Waals surface area contributed by atoms with Crippen LogP contribution in [0.5, 0.6) is 0 Å². The second-order valence-electron chi connectivity index (χ2n) is 6.34. The van der Waals surface area contributed by atoms with E-state index in [0.717, 1.165) is 5.57 Å². The maximum absolute atomic E-state index is 10.3. The summed E-state index contributed by atoms with van der Waals surface area (Å²) in [6, 6.07) is 0. The lowest BCUT2D eigenvalue weighted by Gasteiger charge is -2.13. The maximum Gasteiger partial charge on any atom is 0.152 e. The molecule has 0 heterocycles. The van der Waals surface area contributed by atoms with Gasteiger partial charge in [-0.15, -0.1) is 0 Å². The molecule has 0 aromatic carbocycles. The lowest BCUT2D eigenvalue weighted by molar-refractivity contribution is -0.121. The Balaban J connectivity index is -0.0000000691. The number of hydrogen-bond acceptors (Lipinski definition) is 5. The van der Waals surface area contributed by atoms with Gasteiger partial charge in [-0.2, -0.15) is 0 Å². The van der Waals surface area contributed by atoms with Crippen molar-refractivity contribution in [1.82, 2.24) is 0 Å². The van der Waals surface area contributed by atoms with E-state index in [4.69, 9.17) is 5.11 Å². The Morgan fingerprint density at radius 1 is 0.792 bits per heavy atom. The number of rotatable bonds is 3. The van der Waals surface area contributed by atoms with Crippen LogP contribution in [0.1, 0.15) is 83.1 Å². The first-order valence-corrected chi connectivity index (χ1v) is 7.32. The van der Waals surface area contributed by atoms with E-state index in [1.165, 1.54) is 34.6 Å². The molecule has 0 aliphatic rings. The third kappa shape index (κ3) is 141. The van der Waals surface area contributed by atoms with E-state index in [-0.39, 0.29) is 37.0 Å². The average molecular weight is 347 g/mol. The van der Waals surface area contributed by atoms with Gasteiger partial charge in [0.1, 0.15) is 17.3 Å². The fourth-order valence-electron chi connectivity index (χ4n) is 1.02. The van der Waals surface area contributed by atoms with E-state index < -0.39 is 5.60 Å². The van der Waals surface area contributed by atoms with Crippen LogP contribution in [0.3, 0.4) is 0 Å². The molecule has 0 atom stereocenters. The molecule has 0 bridgehead atoms. The number of aliphatic hydroxyl groups is 1. The van der Waals surface area contributed by atoms with Gasteiger partial charge in [-0.1, -0.05) is 13.0 Å². The van der Waals surface area contributed by atoms with Crippen molar-refractivity contribution < 1.29 is 24.3 Å². The minimum atomic E-state index is -0.828. The highest BCUT2D eigenvalue weighted by atomic mass is 16.3. The predicted molar refractivity (Wildman–Crippen MR) is 101 cm³/mol. The lowest BCUT2D eigenvalue weighted by Crippen LogP contribution is -2.21. The van der Waals surface area contributed by atoms with Gasteiger partial charge in [-0.25, -0.2) is 0 Å². The Morgan fingerprint density at radius 2 is 1.04 bits per heavy atom. The first-order valence-electron chi connectivity index (χ1n) is 7.32. The van der Waals surface area contributed by atoms with Crippen LogP contribution >= 0.6 is 0 Å². The van der Waals surface area contributed by atoms with Gasteiger partial charge in [0, 0.05) is 6.42 Å². The van der Waals surface area contributed by atoms with Gasteiger partial charge in [0.25, 0.3) is 0 Å². The highest BCUT2D eigenvalue weighted by molar-refractivity contribution is 5.87. The number of carbonyl (C=O) groups excluding carboxylic acids is 4. The fraction of sp³-hybridized carbons (Fsp3) is 0.684. The molecule has 0 aliphatic heterocycles. The number of allylic oxidation sites excluding steroid dienone is 2. The van der Waals surface area contributed by atoms with Gasteiger partial charge >= 0.3 is 0 Å². The minimum absolute atomic E-state index is 0. The molecule has 5 nitrogen and oxygen atoms in total. The summed E-state index contributed by atoms with van der Waals surface area (Å²) >= 11 is 0. The first kappa shape index (κ1) is 33.9. The smallest absolute Gasteiger partial charge is 0.152 e. The first-order chi connectivity index (χ1) is 10.0. The Bertz CT molecular complexity index is 374. The summed E-state index contributed by atoms with van der Waals surface area (Å²) in [6.45, 7) is 16.2. The zero-order valence-electron chi connectivity index (χ0n) is 16.4. The summed E-state index contributed by atoms with van der Waals surface area (Å²) in [5.41, 5.74) is 0.235. The third-order valence-corrected chi connectivity index (χ3v) is 1.17. The second kappa shape index (κ2) is 19.4. The SMILES string of the molecule is C.CC(=O)C=C(C)C.CC(=O)CC(C)(C)O.CC(C)=O.CC(C)=O. The largest absolute Gasteiger partial charge is 0.390 e. The standard InChI is InChI=1S/C6H12O2.C6H10O.2C3H6O.CH4/c1-5(7)4-6(2,3)8;1-5(2)4-6(3)7;2*1-3(2)4;/h8H,4H2,1-3H3;4H,1-3H3;2*1-2H3;1H4. The van der Waals surface area contributed by atoms with Crippen molar-refractivity contribution in [3.05, 3.63) is 11.6 Å². The van der Waals surface area contributed by atoms with E-state index in [2.05, 4.69) is 0 Å². The van der Waals surface area contributed by atoms with Gasteiger partial charge in [-0.3, -0.25) is 9.59 Å². The molecule has 0 saturated carbocycles.